The van der Waals surface area contributed by atoms with Crippen LogP contribution < -0.4 is 9.47 Å². The quantitative estimate of drug-likeness (QED) is 0.485. The first-order valence-corrected chi connectivity index (χ1v) is 10.4. The highest BCUT2D eigenvalue weighted by Gasteiger charge is 2.46. The summed E-state index contributed by atoms with van der Waals surface area (Å²) in [5.41, 5.74) is 2.53. The molecule has 1 aliphatic carbocycles. The number of allylic oxidation sites excluding steroid dienone is 2. The van der Waals surface area contributed by atoms with Gasteiger partial charge in [-0.25, -0.2) is 0 Å². The zero-order valence-electron chi connectivity index (χ0n) is 19.1. The van der Waals surface area contributed by atoms with Gasteiger partial charge >= 0.3 is 5.97 Å². The fourth-order valence-corrected chi connectivity index (χ4v) is 4.48. The highest BCUT2D eigenvalue weighted by Crippen LogP contribution is 2.49. The van der Waals surface area contributed by atoms with Crippen LogP contribution in [-0.2, 0) is 19.1 Å². The van der Waals surface area contributed by atoms with Crippen LogP contribution in [0.25, 0.3) is 0 Å². The van der Waals surface area contributed by atoms with E-state index >= 15 is 0 Å². The predicted octanol–water partition coefficient (Wildman–Crippen LogP) is 3.71. The molecule has 3 rings (SSSR count). The number of hydrogen-bond acceptors (Lipinski definition) is 7. The Labute approximate surface area is 183 Å². The average molecular weight is 430 g/mol. The smallest absolute Gasteiger partial charge is 0.315 e. The summed E-state index contributed by atoms with van der Waals surface area (Å²) >= 11 is 0. The number of aliphatic imine (C=N–C) groups is 1. The maximum Gasteiger partial charge on any atom is 0.315 e. The van der Waals surface area contributed by atoms with E-state index in [1.54, 1.807) is 27.4 Å². The summed E-state index contributed by atoms with van der Waals surface area (Å²) in [5, 5.41) is 0. The van der Waals surface area contributed by atoms with Crippen LogP contribution in [0.1, 0.15) is 45.1 Å². The van der Waals surface area contributed by atoms with Crippen molar-refractivity contribution in [3.05, 3.63) is 35.0 Å². The molecule has 2 aliphatic rings. The van der Waals surface area contributed by atoms with Gasteiger partial charge in [-0.1, -0.05) is 19.9 Å². The number of ketones is 1. The van der Waals surface area contributed by atoms with Crippen molar-refractivity contribution in [1.29, 1.82) is 0 Å². The van der Waals surface area contributed by atoms with Gasteiger partial charge in [0.05, 0.1) is 20.8 Å². The molecule has 1 unspecified atom stereocenters. The van der Waals surface area contributed by atoms with Crippen LogP contribution in [0.15, 0.2) is 34.5 Å². The van der Waals surface area contributed by atoms with Gasteiger partial charge in [0.1, 0.15) is 24.0 Å². The number of carbonyl (C=O) groups excluding carboxylic acids is 2. The number of Topliss-reactive ketones (excluding diaryl/α,β-unsaturated/α-hetero) is 1. The highest BCUT2D eigenvalue weighted by molar-refractivity contribution is 6.09. The standard InChI is InChI=1S/C24H31NO6/c1-14-20(23(27)31-10-9-28-4)21(16-8-7-15(29-5)11-19(16)30-6)22-17(25-14)12-24(2,3)13-18(22)26/h7-8,11,20-21H,9-10,12-13H2,1-6H3/t20?,21-/m0/s1. The largest absolute Gasteiger partial charge is 0.497 e. The number of ether oxygens (including phenoxy) is 4. The van der Waals surface area contributed by atoms with Crippen LogP contribution >= 0.6 is 0 Å². The molecule has 0 N–H and O–H groups in total. The van der Waals surface area contributed by atoms with Gasteiger partial charge in [0.15, 0.2) is 5.78 Å². The van der Waals surface area contributed by atoms with Gasteiger partial charge in [-0.3, -0.25) is 14.6 Å². The van der Waals surface area contributed by atoms with Gasteiger partial charge in [-0.2, -0.15) is 0 Å². The number of carbonyl (C=O) groups is 2. The van der Waals surface area contributed by atoms with Crippen molar-refractivity contribution in [2.24, 2.45) is 16.3 Å². The van der Waals surface area contributed by atoms with Crippen molar-refractivity contribution >= 4 is 17.5 Å². The van der Waals surface area contributed by atoms with E-state index in [2.05, 4.69) is 13.8 Å². The summed E-state index contributed by atoms with van der Waals surface area (Å²) < 4.78 is 21.4. The second kappa shape index (κ2) is 9.22. The van der Waals surface area contributed by atoms with Crippen LogP contribution in [0.5, 0.6) is 11.5 Å². The Balaban J connectivity index is 2.15. The SMILES string of the molecule is COCCOC(=O)C1C(C)=NC2=C(C(=O)CC(C)(C)C2)[C@H]1c1ccc(OC)cc1OC. The topological polar surface area (TPSA) is 83.4 Å². The van der Waals surface area contributed by atoms with E-state index in [-0.39, 0.29) is 17.8 Å². The molecule has 1 aromatic carbocycles. The third kappa shape index (κ3) is 4.66. The molecule has 0 saturated carbocycles. The summed E-state index contributed by atoms with van der Waals surface area (Å²) in [5.74, 6) is -0.481. The lowest BCUT2D eigenvalue weighted by molar-refractivity contribution is -0.147. The normalized spacial score (nSPS) is 22.5. The Bertz CT molecular complexity index is 930. The monoisotopic (exact) mass is 429 g/mol. The second-order valence-electron chi connectivity index (χ2n) is 8.78. The molecule has 2 atom stereocenters. The maximum absolute atomic E-state index is 13.3. The lowest BCUT2D eigenvalue weighted by atomic mass is 9.66. The zero-order chi connectivity index (χ0) is 22.8. The highest BCUT2D eigenvalue weighted by atomic mass is 16.6. The van der Waals surface area contributed by atoms with E-state index in [0.29, 0.717) is 42.2 Å². The zero-order valence-corrected chi connectivity index (χ0v) is 19.1. The molecule has 0 spiro atoms. The number of benzene rings is 1. The van der Waals surface area contributed by atoms with Gasteiger partial charge in [0, 0.05) is 48.1 Å². The number of methoxy groups -OCH3 is 3. The van der Waals surface area contributed by atoms with Crippen LogP contribution in [0.3, 0.4) is 0 Å². The van der Waals surface area contributed by atoms with Crippen molar-refractivity contribution in [2.75, 3.05) is 34.5 Å². The molecule has 31 heavy (non-hydrogen) atoms. The summed E-state index contributed by atoms with van der Waals surface area (Å²) in [6.07, 6.45) is 1.08. The Kier molecular flexibility index (Phi) is 6.84. The van der Waals surface area contributed by atoms with Gasteiger partial charge in [0.25, 0.3) is 0 Å². The van der Waals surface area contributed by atoms with Crippen molar-refractivity contribution in [3.8, 4) is 11.5 Å². The summed E-state index contributed by atoms with van der Waals surface area (Å²) in [6.45, 7) is 6.38. The van der Waals surface area contributed by atoms with E-state index in [1.165, 1.54) is 0 Å². The molecule has 168 valence electrons. The van der Waals surface area contributed by atoms with E-state index < -0.39 is 17.8 Å². The minimum Gasteiger partial charge on any atom is -0.497 e. The third-order valence-corrected chi connectivity index (χ3v) is 5.86. The first kappa shape index (κ1) is 23.0. The molecular weight excluding hydrogens is 398 g/mol. The van der Waals surface area contributed by atoms with Crippen molar-refractivity contribution < 1.29 is 28.5 Å². The van der Waals surface area contributed by atoms with E-state index in [1.807, 2.05) is 19.1 Å². The van der Waals surface area contributed by atoms with Crippen molar-refractivity contribution in [2.45, 2.75) is 39.5 Å². The number of esters is 1. The van der Waals surface area contributed by atoms with E-state index in [0.717, 1.165) is 11.3 Å². The predicted molar refractivity (Wildman–Crippen MR) is 117 cm³/mol. The Hall–Kier alpha value is -2.67. The minimum absolute atomic E-state index is 0.0139. The van der Waals surface area contributed by atoms with Gasteiger partial charge in [-0.05, 0) is 24.8 Å². The molecule has 1 aliphatic heterocycles. The molecule has 7 nitrogen and oxygen atoms in total. The first-order valence-electron chi connectivity index (χ1n) is 10.4. The maximum atomic E-state index is 13.3. The molecule has 0 aromatic heterocycles. The molecular formula is C24H31NO6. The molecule has 1 heterocycles. The van der Waals surface area contributed by atoms with E-state index in [4.69, 9.17) is 23.9 Å². The van der Waals surface area contributed by atoms with Crippen LogP contribution in [-0.4, -0.2) is 52.0 Å². The molecule has 0 radical (unpaired) electrons. The van der Waals surface area contributed by atoms with Crippen LogP contribution in [0.4, 0.5) is 0 Å². The van der Waals surface area contributed by atoms with Gasteiger partial charge in [0.2, 0.25) is 0 Å². The van der Waals surface area contributed by atoms with E-state index in [9.17, 15) is 9.59 Å². The molecule has 7 heteroatoms. The van der Waals surface area contributed by atoms with Gasteiger partial charge < -0.3 is 18.9 Å². The summed E-state index contributed by atoms with van der Waals surface area (Å²) in [7, 11) is 4.69. The van der Waals surface area contributed by atoms with Crippen LogP contribution in [0.2, 0.25) is 0 Å². The molecule has 0 amide bonds. The average Bonchev–Trinajstić information content (AvgIpc) is 2.71. The molecule has 0 saturated heterocycles. The lowest BCUT2D eigenvalue weighted by Gasteiger charge is -2.39. The number of nitrogens with zero attached hydrogens (tertiary/aromatic N) is 1. The Morgan fingerprint density at radius 3 is 2.52 bits per heavy atom. The van der Waals surface area contributed by atoms with Gasteiger partial charge in [-0.15, -0.1) is 0 Å². The minimum atomic E-state index is -0.719. The Morgan fingerprint density at radius 1 is 1.13 bits per heavy atom. The molecule has 0 bridgehead atoms. The third-order valence-electron chi connectivity index (χ3n) is 5.86. The Morgan fingerprint density at radius 2 is 1.87 bits per heavy atom. The number of hydrogen-bond donors (Lipinski definition) is 0. The summed E-state index contributed by atoms with van der Waals surface area (Å²) in [6, 6.07) is 5.43. The number of rotatable bonds is 7. The van der Waals surface area contributed by atoms with Crippen molar-refractivity contribution in [1.82, 2.24) is 0 Å². The fourth-order valence-electron chi connectivity index (χ4n) is 4.48. The fraction of sp³-hybridized carbons (Fsp3) is 0.542. The molecule has 1 aromatic rings. The van der Waals surface area contributed by atoms with Crippen molar-refractivity contribution in [3.63, 3.8) is 0 Å². The van der Waals surface area contributed by atoms with Crippen LogP contribution in [0, 0.1) is 11.3 Å². The summed E-state index contributed by atoms with van der Waals surface area (Å²) in [4.78, 5) is 31.2. The first-order chi connectivity index (χ1) is 14.7. The lowest BCUT2D eigenvalue weighted by Crippen LogP contribution is -2.39. The molecule has 0 fully saturated rings. The second-order valence-corrected chi connectivity index (χ2v) is 8.78.